The number of furan rings is 1. The van der Waals surface area contributed by atoms with E-state index in [1.807, 2.05) is 31.2 Å². The molecule has 0 radical (unpaired) electrons. The van der Waals surface area contributed by atoms with Crippen LogP contribution < -0.4 is 19.5 Å². The number of benzene rings is 3. The number of phenols is 1. The third kappa shape index (κ3) is 7.89. The Bertz CT molecular complexity index is 1800. The van der Waals surface area contributed by atoms with E-state index in [-0.39, 0.29) is 42.2 Å². The molecule has 236 valence electrons. The summed E-state index contributed by atoms with van der Waals surface area (Å²) in [5, 5.41) is 22.2. The fourth-order valence-corrected chi connectivity index (χ4v) is 5.40. The van der Waals surface area contributed by atoms with Crippen LogP contribution in [0.3, 0.4) is 0 Å². The smallest absolute Gasteiger partial charge is 0.267 e. The number of nitrogens with zero attached hydrogens (tertiary/aromatic N) is 3. The van der Waals surface area contributed by atoms with Crippen molar-refractivity contribution in [1.82, 2.24) is 4.90 Å². The molecule has 13 heteroatoms. The summed E-state index contributed by atoms with van der Waals surface area (Å²) in [5.41, 5.74) is 2.78. The SMILES string of the molecule is COc1cc(/C=N\N=C2\S/C(=C\c3cc(Cl)ccc3OCC(=O)Nc3ccc(C)cc3)C(=O)N2Cc2ccco2)cc(OC)c1O. The van der Waals surface area contributed by atoms with Gasteiger partial charge in [0.1, 0.15) is 11.5 Å². The molecule has 2 N–H and O–H groups in total. The number of hydrogen-bond donors (Lipinski definition) is 2. The van der Waals surface area contributed by atoms with Crippen LogP contribution in [-0.4, -0.2) is 54.0 Å². The molecule has 0 aliphatic carbocycles. The summed E-state index contributed by atoms with van der Waals surface area (Å²) in [6.45, 7) is 1.82. The van der Waals surface area contributed by atoms with Gasteiger partial charge in [-0.1, -0.05) is 29.3 Å². The number of rotatable bonds is 11. The van der Waals surface area contributed by atoms with Crippen LogP contribution in [0.5, 0.6) is 23.0 Å². The Morgan fingerprint density at radius 1 is 1.07 bits per heavy atom. The summed E-state index contributed by atoms with van der Waals surface area (Å²) < 4.78 is 21.7. The molecule has 2 heterocycles. The van der Waals surface area contributed by atoms with E-state index < -0.39 is 0 Å². The zero-order valence-electron chi connectivity index (χ0n) is 25.0. The molecule has 0 spiro atoms. The van der Waals surface area contributed by atoms with Crippen molar-refractivity contribution in [2.75, 3.05) is 26.1 Å². The van der Waals surface area contributed by atoms with Gasteiger partial charge in [-0.15, -0.1) is 5.10 Å². The number of carbonyl (C=O) groups is 2. The van der Waals surface area contributed by atoms with Crippen molar-refractivity contribution in [2.24, 2.45) is 10.2 Å². The Morgan fingerprint density at radius 3 is 2.48 bits per heavy atom. The molecule has 0 atom stereocenters. The summed E-state index contributed by atoms with van der Waals surface area (Å²) in [5.74, 6) is 0.496. The number of amides is 2. The minimum Gasteiger partial charge on any atom is -0.502 e. The van der Waals surface area contributed by atoms with Gasteiger partial charge in [-0.2, -0.15) is 5.10 Å². The van der Waals surface area contributed by atoms with Crippen molar-refractivity contribution in [2.45, 2.75) is 13.5 Å². The number of halogens is 1. The molecule has 1 aliphatic rings. The maximum Gasteiger partial charge on any atom is 0.267 e. The van der Waals surface area contributed by atoms with Crippen molar-refractivity contribution < 1.29 is 33.3 Å². The fraction of sp³-hybridized carbons (Fsp3) is 0.152. The van der Waals surface area contributed by atoms with Gasteiger partial charge in [-0.3, -0.25) is 14.5 Å². The van der Waals surface area contributed by atoms with Crippen molar-refractivity contribution in [3.05, 3.63) is 105 Å². The number of carbonyl (C=O) groups excluding carboxylic acids is 2. The molecule has 5 rings (SSSR count). The average molecular weight is 661 g/mol. The largest absolute Gasteiger partial charge is 0.502 e. The van der Waals surface area contributed by atoms with Crippen molar-refractivity contribution in [1.29, 1.82) is 0 Å². The van der Waals surface area contributed by atoms with E-state index in [0.717, 1.165) is 17.3 Å². The number of methoxy groups -OCH3 is 2. The molecule has 1 saturated heterocycles. The van der Waals surface area contributed by atoms with Gasteiger partial charge in [0.05, 0.1) is 38.1 Å². The first kappa shape index (κ1) is 32.2. The zero-order valence-corrected chi connectivity index (χ0v) is 26.6. The number of thioether (sulfide) groups is 1. The molecule has 46 heavy (non-hydrogen) atoms. The third-order valence-electron chi connectivity index (χ3n) is 6.59. The Kier molecular flexibility index (Phi) is 10.3. The maximum atomic E-state index is 13.6. The van der Waals surface area contributed by atoms with Crippen LogP contribution in [0.15, 0.2) is 92.5 Å². The number of ether oxygens (including phenoxy) is 3. The first-order chi connectivity index (χ1) is 22.2. The van der Waals surface area contributed by atoms with E-state index in [1.165, 1.54) is 31.6 Å². The zero-order chi connectivity index (χ0) is 32.6. The van der Waals surface area contributed by atoms with Crippen LogP contribution >= 0.6 is 23.4 Å². The predicted octanol–water partition coefficient (Wildman–Crippen LogP) is 6.49. The summed E-state index contributed by atoms with van der Waals surface area (Å²) in [4.78, 5) is 28.0. The number of phenolic OH excluding ortho intramolecular Hbond substituents is 1. The van der Waals surface area contributed by atoms with Crippen LogP contribution in [-0.2, 0) is 16.1 Å². The van der Waals surface area contributed by atoms with Gasteiger partial charge in [0, 0.05) is 21.8 Å². The van der Waals surface area contributed by atoms with Crippen molar-refractivity contribution in [3.63, 3.8) is 0 Å². The van der Waals surface area contributed by atoms with Gasteiger partial charge >= 0.3 is 0 Å². The lowest BCUT2D eigenvalue weighted by Gasteiger charge is -2.13. The molecular formula is C33H29ClN4O7S. The molecule has 0 saturated carbocycles. The summed E-state index contributed by atoms with van der Waals surface area (Å²) in [6, 6.07) is 19.0. The molecule has 4 aromatic rings. The summed E-state index contributed by atoms with van der Waals surface area (Å²) in [7, 11) is 2.85. The highest BCUT2D eigenvalue weighted by Gasteiger charge is 2.34. The molecule has 3 aromatic carbocycles. The van der Waals surface area contributed by atoms with Gasteiger partial charge < -0.3 is 29.1 Å². The Labute approximate surface area is 274 Å². The molecule has 0 bridgehead atoms. The van der Waals surface area contributed by atoms with Crippen molar-refractivity contribution in [3.8, 4) is 23.0 Å². The maximum absolute atomic E-state index is 13.6. The highest BCUT2D eigenvalue weighted by atomic mass is 35.5. The first-order valence-electron chi connectivity index (χ1n) is 13.8. The van der Waals surface area contributed by atoms with E-state index >= 15 is 0 Å². The average Bonchev–Trinajstić information content (AvgIpc) is 3.66. The third-order valence-corrected chi connectivity index (χ3v) is 7.82. The number of aryl methyl sites for hydroxylation is 1. The second kappa shape index (κ2) is 14.7. The second-order valence-corrected chi connectivity index (χ2v) is 11.3. The summed E-state index contributed by atoms with van der Waals surface area (Å²) in [6.07, 6.45) is 4.59. The minimum atomic E-state index is -0.343. The fourth-order valence-electron chi connectivity index (χ4n) is 4.30. The molecule has 1 fully saturated rings. The van der Waals surface area contributed by atoms with E-state index in [4.69, 9.17) is 30.2 Å². The second-order valence-electron chi connectivity index (χ2n) is 9.87. The number of anilines is 1. The Hall–Kier alpha value is -5.20. The molecule has 1 aliphatic heterocycles. The van der Waals surface area contributed by atoms with E-state index in [1.54, 1.807) is 48.5 Å². The van der Waals surface area contributed by atoms with Crippen molar-refractivity contribution >= 4 is 58.3 Å². The number of amidine groups is 1. The topological polar surface area (TPSA) is 135 Å². The molecule has 11 nitrogen and oxygen atoms in total. The van der Waals surface area contributed by atoms with Gasteiger partial charge in [-0.05, 0) is 79.4 Å². The molecule has 0 unspecified atom stereocenters. The van der Waals surface area contributed by atoms with Gasteiger partial charge in [0.25, 0.3) is 11.8 Å². The molecule has 1 aromatic heterocycles. The Balaban J connectivity index is 1.39. The monoisotopic (exact) mass is 660 g/mol. The molecule has 2 amide bonds. The lowest BCUT2D eigenvalue weighted by Crippen LogP contribution is -2.28. The Morgan fingerprint density at radius 2 is 1.80 bits per heavy atom. The van der Waals surface area contributed by atoms with E-state index in [9.17, 15) is 14.7 Å². The van der Waals surface area contributed by atoms with Crippen LogP contribution in [0.25, 0.3) is 6.08 Å². The lowest BCUT2D eigenvalue weighted by atomic mass is 10.2. The first-order valence-corrected chi connectivity index (χ1v) is 15.0. The number of hydrogen-bond acceptors (Lipinski definition) is 10. The van der Waals surface area contributed by atoms with E-state index in [2.05, 4.69) is 15.5 Å². The predicted molar refractivity (Wildman–Crippen MR) is 178 cm³/mol. The van der Waals surface area contributed by atoms with Crippen LogP contribution in [0.2, 0.25) is 5.02 Å². The van der Waals surface area contributed by atoms with Crippen LogP contribution in [0.1, 0.15) is 22.5 Å². The normalized spacial score (nSPS) is 14.8. The lowest BCUT2D eigenvalue weighted by molar-refractivity contribution is -0.122. The minimum absolute atomic E-state index is 0.115. The van der Waals surface area contributed by atoms with E-state index in [0.29, 0.717) is 43.4 Å². The van der Waals surface area contributed by atoms with Gasteiger partial charge in [0.15, 0.2) is 23.3 Å². The van der Waals surface area contributed by atoms with Crippen LogP contribution in [0, 0.1) is 6.92 Å². The quantitative estimate of drug-likeness (QED) is 0.106. The summed E-state index contributed by atoms with van der Waals surface area (Å²) >= 11 is 7.40. The highest BCUT2D eigenvalue weighted by molar-refractivity contribution is 8.18. The van der Waals surface area contributed by atoms with Gasteiger partial charge in [-0.25, -0.2) is 0 Å². The van der Waals surface area contributed by atoms with Crippen LogP contribution in [0.4, 0.5) is 5.69 Å². The molecular weight excluding hydrogens is 632 g/mol. The highest BCUT2D eigenvalue weighted by Crippen LogP contribution is 2.38. The standard InChI is InChI=1S/C33H29ClN4O7S/c1-20-6-9-24(10-7-20)36-30(39)19-45-26-11-8-23(34)15-22(26)16-29-32(41)38(18-25-5-4-12-44-25)33(46-29)37-35-17-21-13-27(42-2)31(40)28(14-21)43-3/h4-17,40H,18-19H2,1-3H3,(H,36,39)/b29-16-,35-17-,37-33+. The number of nitrogens with one attached hydrogen (secondary N) is 1. The number of aromatic hydroxyl groups is 1. The van der Waals surface area contributed by atoms with Gasteiger partial charge in [0.2, 0.25) is 5.75 Å².